The molecule has 1 heterocycles. The van der Waals surface area contributed by atoms with E-state index in [0.717, 1.165) is 22.4 Å². The van der Waals surface area contributed by atoms with Crippen LogP contribution in [0.5, 0.6) is 17.2 Å². The Morgan fingerprint density at radius 1 is 0.920 bits per heavy atom. The van der Waals surface area contributed by atoms with Crippen LogP contribution in [0.3, 0.4) is 0 Å². The van der Waals surface area contributed by atoms with E-state index >= 15 is 0 Å². The van der Waals surface area contributed by atoms with Gasteiger partial charge >= 0.3 is 0 Å². The van der Waals surface area contributed by atoms with Gasteiger partial charge in [-0.2, -0.15) is 0 Å². The standard InChI is InChI=1S/C20H23NO4/c1-11-6-15-14(10-19(22)21-16(15)7-12(11)2)13-8-17(23-3)20(25-5)18(9-13)24-4/h6-9,14H,10H2,1-5H3,(H,21,22)/t14-/m0/s1. The van der Waals surface area contributed by atoms with E-state index in [-0.39, 0.29) is 11.8 Å². The molecule has 2 aromatic carbocycles. The highest BCUT2D eigenvalue weighted by Crippen LogP contribution is 2.45. The highest BCUT2D eigenvalue weighted by Gasteiger charge is 2.29. The molecule has 0 aromatic heterocycles. The molecule has 0 saturated carbocycles. The molecule has 2 aromatic rings. The molecular weight excluding hydrogens is 318 g/mol. The van der Waals surface area contributed by atoms with Crippen LogP contribution in [0.15, 0.2) is 24.3 Å². The average molecular weight is 341 g/mol. The van der Waals surface area contributed by atoms with E-state index in [1.807, 2.05) is 25.1 Å². The van der Waals surface area contributed by atoms with Gasteiger partial charge in [0, 0.05) is 18.0 Å². The molecule has 0 unspecified atom stereocenters. The van der Waals surface area contributed by atoms with Crippen LogP contribution in [0, 0.1) is 13.8 Å². The van der Waals surface area contributed by atoms with Gasteiger partial charge in [-0.25, -0.2) is 0 Å². The predicted octanol–water partition coefficient (Wildman–Crippen LogP) is 3.80. The number of carbonyl (C=O) groups is 1. The quantitative estimate of drug-likeness (QED) is 0.919. The molecule has 5 heteroatoms. The summed E-state index contributed by atoms with van der Waals surface area (Å²) in [6.45, 7) is 4.13. The lowest BCUT2D eigenvalue weighted by atomic mass is 9.83. The number of anilines is 1. The average Bonchev–Trinajstić information content (AvgIpc) is 2.61. The third-order valence-corrected chi connectivity index (χ3v) is 4.79. The minimum absolute atomic E-state index is 0.00880. The van der Waals surface area contributed by atoms with E-state index < -0.39 is 0 Å². The molecule has 0 radical (unpaired) electrons. The van der Waals surface area contributed by atoms with E-state index in [0.29, 0.717) is 23.7 Å². The van der Waals surface area contributed by atoms with Crippen molar-refractivity contribution >= 4 is 11.6 Å². The lowest BCUT2D eigenvalue weighted by molar-refractivity contribution is -0.116. The summed E-state index contributed by atoms with van der Waals surface area (Å²) in [5, 5.41) is 2.98. The van der Waals surface area contributed by atoms with Gasteiger partial charge in [-0.15, -0.1) is 0 Å². The van der Waals surface area contributed by atoms with Crippen molar-refractivity contribution in [1.82, 2.24) is 0 Å². The maximum atomic E-state index is 12.2. The Labute approximate surface area is 147 Å². The van der Waals surface area contributed by atoms with Crippen molar-refractivity contribution in [2.24, 2.45) is 0 Å². The van der Waals surface area contributed by atoms with Crippen molar-refractivity contribution in [3.63, 3.8) is 0 Å². The van der Waals surface area contributed by atoms with Gasteiger partial charge < -0.3 is 19.5 Å². The third-order valence-electron chi connectivity index (χ3n) is 4.79. The summed E-state index contributed by atoms with van der Waals surface area (Å²) in [5.74, 6) is 1.68. The monoisotopic (exact) mass is 341 g/mol. The summed E-state index contributed by atoms with van der Waals surface area (Å²) >= 11 is 0. The van der Waals surface area contributed by atoms with Crippen molar-refractivity contribution in [1.29, 1.82) is 0 Å². The first-order valence-electron chi connectivity index (χ1n) is 8.19. The molecule has 1 aliphatic rings. The first-order chi connectivity index (χ1) is 12.0. The Balaban J connectivity index is 2.17. The zero-order valence-corrected chi connectivity index (χ0v) is 15.2. The number of ether oxygens (including phenoxy) is 3. The van der Waals surface area contributed by atoms with Crippen LogP contribution in [0.25, 0.3) is 0 Å². The Kier molecular flexibility index (Phi) is 4.57. The second kappa shape index (κ2) is 6.67. The summed E-state index contributed by atoms with van der Waals surface area (Å²) in [4.78, 5) is 12.2. The van der Waals surface area contributed by atoms with E-state index in [4.69, 9.17) is 14.2 Å². The van der Waals surface area contributed by atoms with Crippen molar-refractivity contribution in [2.75, 3.05) is 26.6 Å². The zero-order chi connectivity index (χ0) is 18.1. The van der Waals surface area contributed by atoms with Crippen LogP contribution in [0.1, 0.15) is 34.6 Å². The minimum Gasteiger partial charge on any atom is -0.493 e. The number of rotatable bonds is 4. The molecule has 1 amide bonds. The number of carbonyl (C=O) groups excluding carboxylic acids is 1. The van der Waals surface area contributed by atoms with E-state index in [1.54, 1.807) is 21.3 Å². The molecule has 0 spiro atoms. The minimum atomic E-state index is -0.0586. The number of hydrogen-bond acceptors (Lipinski definition) is 4. The second-order valence-corrected chi connectivity index (χ2v) is 6.29. The van der Waals surface area contributed by atoms with Gasteiger partial charge in [-0.1, -0.05) is 6.07 Å². The molecule has 1 aliphatic heterocycles. The molecule has 1 atom stereocenters. The highest BCUT2D eigenvalue weighted by molar-refractivity contribution is 5.95. The van der Waals surface area contributed by atoms with Crippen LogP contribution in [0.2, 0.25) is 0 Å². The third kappa shape index (κ3) is 3.02. The number of methoxy groups -OCH3 is 3. The smallest absolute Gasteiger partial charge is 0.225 e. The molecule has 0 bridgehead atoms. The molecule has 0 fully saturated rings. The van der Waals surface area contributed by atoms with Crippen molar-refractivity contribution in [3.05, 3.63) is 46.5 Å². The van der Waals surface area contributed by atoms with Crippen LogP contribution in [-0.2, 0) is 4.79 Å². The van der Waals surface area contributed by atoms with Crippen molar-refractivity contribution < 1.29 is 19.0 Å². The van der Waals surface area contributed by atoms with Crippen molar-refractivity contribution in [3.8, 4) is 17.2 Å². The molecule has 3 rings (SSSR count). The molecule has 132 valence electrons. The zero-order valence-electron chi connectivity index (χ0n) is 15.2. The fourth-order valence-corrected chi connectivity index (χ4v) is 3.33. The molecule has 0 saturated heterocycles. The second-order valence-electron chi connectivity index (χ2n) is 6.29. The first kappa shape index (κ1) is 17.1. The molecule has 1 N–H and O–H groups in total. The van der Waals surface area contributed by atoms with Gasteiger partial charge in [0.05, 0.1) is 21.3 Å². The van der Waals surface area contributed by atoms with E-state index in [1.165, 1.54) is 5.56 Å². The van der Waals surface area contributed by atoms with Crippen LogP contribution < -0.4 is 19.5 Å². The number of amides is 1. The first-order valence-corrected chi connectivity index (χ1v) is 8.19. The topological polar surface area (TPSA) is 56.8 Å². The predicted molar refractivity (Wildman–Crippen MR) is 97.1 cm³/mol. The number of benzene rings is 2. The Morgan fingerprint density at radius 2 is 1.52 bits per heavy atom. The molecule has 0 aliphatic carbocycles. The summed E-state index contributed by atoms with van der Waals surface area (Å²) in [6.07, 6.45) is 0.383. The van der Waals surface area contributed by atoms with Gasteiger partial charge in [0.1, 0.15) is 0 Å². The maximum absolute atomic E-state index is 12.2. The molecule has 25 heavy (non-hydrogen) atoms. The van der Waals surface area contributed by atoms with Gasteiger partial charge in [0.15, 0.2) is 11.5 Å². The lowest BCUT2D eigenvalue weighted by Crippen LogP contribution is -2.24. The van der Waals surface area contributed by atoms with Crippen LogP contribution >= 0.6 is 0 Å². The highest BCUT2D eigenvalue weighted by atomic mass is 16.5. The Bertz CT molecular complexity index is 804. The Morgan fingerprint density at radius 3 is 2.08 bits per heavy atom. The van der Waals surface area contributed by atoms with Gasteiger partial charge in [-0.05, 0) is 54.3 Å². The fourth-order valence-electron chi connectivity index (χ4n) is 3.33. The molecular formula is C20H23NO4. The van der Waals surface area contributed by atoms with Gasteiger partial charge in [0.25, 0.3) is 0 Å². The number of hydrogen-bond donors (Lipinski definition) is 1. The fraction of sp³-hybridized carbons (Fsp3) is 0.350. The maximum Gasteiger partial charge on any atom is 0.225 e. The van der Waals surface area contributed by atoms with Gasteiger partial charge in [0.2, 0.25) is 11.7 Å². The summed E-state index contributed by atoms with van der Waals surface area (Å²) < 4.78 is 16.3. The lowest BCUT2D eigenvalue weighted by Gasteiger charge is -2.28. The van der Waals surface area contributed by atoms with E-state index in [2.05, 4.69) is 18.3 Å². The van der Waals surface area contributed by atoms with Crippen LogP contribution in [0.4, 0.5) is 5.69 Å². The van der Waals surface area contributed by atoms with Gasteiger partial charge in [-0.3, -0.25) is 4.79 Å². The number of nitrogens with one attached hydrogen (secondary N) is 1. The number of fused-ring (bicyclic) bond motifs is 1. The Hall–Kier alpha value is -2.69. The largest absolute Gasteiger partial charge is 0.493 e. The summed E-state index contributed by atoms with van der Waals surface area (Å²) in [6, 6.07) is 8.03. The van der Waals surface area contributed by atoms with E-state index in [9.17, 15) is 4.79 Å². The summed E-state index contributed by atoms with van der Waals surface area (Å²) in [7, 11) is 4.77. The van der Waals surface area contributed by atoms with Crippen LogP contribution in [-0.4, -0.2) is 27.2 Å². The summed E-state index contributed by atoms with van der Waals surface area (Å²) in [5.41, 5.74) is 5.31. The van der Waals surface area contributed by atoms with Crippen molar-refractivity contribution in [2.45, 2.75) is 26.2 Å². The SMILES string of the molecule is COc1cc([C@@H]2CC(=O)Nc3cc(C)c(C)cc32)cc(OC)c1OC. The normalized spacial score (nSPS) is 16.0. The number of aryl methyl sites for hydroxylation is 2. The molecule has 5 nitrogen and oxygen atoms in total.